The Balaban J connectivity index is 2.05. The molecule has 0 unspecified atom stereocenters. The lowest BCUT2D eigenvalue weighted by molar-refractivity contribution is 0.253. The molecule has 0 radical (unpaired) electrons. The molecule has 1 aromatic rings. The second-order valence-corrected chi connectivity index (χ2v) is 4.90. The zero-order chi connectivity index (χ0) is 11.4. The normalized spacial score (nSPS) is 18.9. The van der Waals surface area contributed by atoms with Crippen molar-refractivity contribution in [3.05, 3.63) is 23.8 Å². The van der Waals surface area contributed by atoms with Crippen molar-refractivity contribution in [2.24, 2.45) is 0 Å². The zero-order valence-electron chi connectivity index (χ0n) is 9.76. The molecule has 0 bridgehead atoms. The van der Waals surface area contributed by atoms with Crippen molar-refractivity contribution in [2.75, 3.05) is 25.9 Å². The smallest absolute Gasteiger partial charge is 0.129 e. The monoisotopic (exact) mass is 237 g/mol. The Kier molecular flexibility index (Phi) is 4.18. The highest BCUT2D eigenvalue weighted by atomic mass is 32.1. The number of rotatable bonds is 3. The van der Waals surface area contributed by atoms with Crippen molar-refractivity contribution in [2.45, 2.75) is 25.2 Å². The van der Waals surface area contributed by atoms with Crippen molar-refractivity contribution in [3.8, 4) is 0 Å². The first-order valence-electron chi connectivity index (χ1n) is 5.91. The second kappa shape index (κ2) is 5.64. The van der Waals surface area contributed by atoms with Gasteiger partial charge in [-0.2, -0.15) is 12.6 Å². The number of thiol groups is 1. The first-order chi connectivity index (χ1) is 7.79. The Labute approximate surface area is 103 Å². The molecule has 16 heavy (non-hydrogen) atoms. The Morgan fingerprint density at radius 3 is 2.88 bits per heavy atom. The van der Waals surface area contributed by atoms with E-state index in [-0.39, 0.29) is 0 Å². The third-order valence-corrected chi connectivity index (χ3v) is 3.42. The number of hydrogen-bond donors (Lipinski definition) is 1. The molecule has 1 aliphatic rings. The fourth-order valence-corrected chi connectivity index (χ4v) is 2.37. The summed E-state index contributed by atoms with van der Waals surface area (Å²) in [5.41, 5.74) is 1.22. The molecular formula is C12H19N3S. The lowest BCUT2D eigenvalue weighted by Crippen LogP contribution is -2.29. The average molecular weight is 237 g/mol. The maximum absolute atomic E-state index is 4.63. The molecule has 4 heteroatoms. The number of nitrogens with zero attached hydrogens (tertiary/aromatic N) is 3. The van der Waals surface area contributed by atoms with Crippen LogP contribution in [0.4, 0.5) is 0 Å². The molecule has 88 valence electrons. The van der Waals surface area contributed by atoms with Gasteiger partial charge in [-0.05, 0) is 44.8 Å². The SMILES string of the molecule is CN1CCC(c2ccnc(CCS)n2)CC1. The van der Waals surface area contributed by atoms with Crippen LogP contribution in [0.5, 0.6) is 0 Å². The summed E-state index contributed by atoms with van der Waals surface area (Å²) in [5, 5.41) is 0. The number of aryl methyl sites for hydroxylation is 1. The number of hydrogen-bond acceptors (Lipinski definition) is 4. The molecule has 1 aliphatic heterocycles. The Bertz CT molecular complexity index is 335. The summed E-state index contributed by atoms with van der Waals surface area (Å²) in [7, 11) is 2.18. The van der Waals surface area contributed by atoms with Crippen LogP contribution in [0.2, 0.25) is 0 Å². The molecular weight excluding hydrogens is 218 g/mol. The quantitative estimate of drug-likeness (QED) is 0.812. The van der Waals surface area contributed by atoms with Crippen molar-refractivity contribution < 1.29 is 0 Å². The minimum Gasteiger partial charge on any atom is -0.306 e. The third kappa shape index (κ3) is 2.95. The average Bonchev–Trinajstić information content (AvgIpc) is 2.31. The standard InChI is InChI=1S/C12H19N3S/c1-15-7-3-10(4-8-15)11-2-6-13-12(14-11)5-9-16/h2,6,10,16H,3-5,7-9H2,1H3. The highest BCUT2D eigenvalue weighted by molar-refractivity contribution is 7.80. The predicted molar refractivity (Wildman–Crippen MR) is 69.1 cm³/mol. The second-order valence-electron chi connectivity index (χ2n) is 4.45. The lowest BCUT2D eigenvalue weighted by atomic mass is 9.93. The van der Waals surface area contributed by atoms with Crippen LogP contribution < -0.4 is 0 Å². The van der Waals surface area contributed by atoms with E-state index in [1.807, 2.05) is 6.20 Å². The molecule has 3 nitrogen and oxygen atoms in total. The molecule has 0 aliphatic carbocycles. The molecule has 0 atom stereocenters. The van der Waals surface area contributed by atoms with E-state index in [1.165, 1.54) is 31.6 Å². The molecule has 0 N–H and O–H groups in total. The van der Waals surface area contributed by atoms with Gasteiger partial charge in [-0.3, -0.25) is 0 Å². The van der Waals surface area contributed by atoms with Crippen LogP contribution in [0, 0.1) is 0 Å². The first kappa shape index (κ1) is 11.9. The molecule has 2 rings (SSSR count). The van der Waals surface area contributed by atoms with E-state index in [0.29, 0.717) is 5.92 Å². The minimum absolute atomic E-state index is 0.623. The van der Waals surface area contributed by atoms with Crippen LogP contribution in [0.1, 0.15) is 30.3 Å². The molecule has 0 amide bonds. The van der Waals surface area contributed by atoms with Gasteiger partial charge < -0.3 is 4.90 Å². The van der Waals surface area contributed by atoms with Crippen LogP contribution in [-0.2, 0) is 6.42 Å². The zero-order valence-corrected chi connectivity index (χ0v) is 10.7. The maximum atomic E-state index is 4.63. The van der Waals surface area contributed by atoms with Crippen molar-refractivity contribution in [3.63, 3.8) is 0 Å². The van der Waals surface area contributed by atoms with Gasteiger partial charge in [0.15, 0.2) is 0 Å². The van der Waals surface area contributed by atoms with Gasteiger partial charge in [0.25, 0.3) is 0 Å². The van der Waals surface area contributed by atoms with E-state index in [2.05, 4.69) is 40.6 Å². The third-order valence-electron chi connectivity index (χ3n) is 3.20. The first-order valence-corrected chi connectivity index (χ1v) is 6.54. The fraction of sp³-hybridized carbons (Fsp3) is 0.667. The molecule has 0 aromatic carbocycles. The summed E-state index contributed by atoms with van der Waals surface area (Å²) in [5.74, 6) is 2.38. The summed E-state index contributed by atoms with van der Waals surface area (Å²) < 4.78 is 0. The number of piperidine rings is 1. The van der Waals surface area contributed by atoms with Gasteiger partial charge in [-0.25, -0.2) is 9.97 Å². The Morgan fingerprint density at radius 2 is 2.19 bits per heavy atom. The lowest BCUT2D eigenvalue weighted by Gasteiger charge is -2.28. The van der Waals surface area contributed by atoms with E-state index < -0.39 is 0 Å². The molecule has 0 saturated carbocycles. The van der Waals surface area contributed by atoms with Crippen LogP contribution >= 0.6 is 12.6 Å². The number of likely N-dealkylation sites (tertiary alicyclic amines) is 1. The van der Waals surface area contributed by atoms with Gasteiger partial charge in [0.1, 0.15) is 5.82 Å². The predicted octanol–water partition coefficient (Wildman–Crippen LogP) is 1.76. The number of aromatic nitrogens is 2. The highest BCUT2D eigenvalue weighted by Gasteiger charge is 2.19. The molecule has 0 spiro atoms. The van der Waals surface area contributed by atoms with Crippen LogP contribution in [0.15, 0.2) is 12.3 Å². The van der Waals surface area contributed by atoms with E-state index in [0.717, 1.165) is 18.0 Å². The molecule has 1 aromatic heterocycles. The van der Waals surface area contributed by atoms with Crippen LogP contribution in [0.3, 0.4) is 0 Å². The summed E-state index contributed by atoms with van der Waals surface area (Å²) >= 11 is 4.22. The van der Waals surface area contributed by atoms with Gasteiger partial charge in [0.05, 0.1) is 0 Å². The van der Waals surface area contributed by atoms with Gasteiger partial charge in [-0.15, -0.1) is 0 Å². The Hall–Kier alpha value is -0.610. The topological polar surface area (TPSA) is 29.0 Å². The summed E-state index contributed by atoms with van der Waals surface area (Å²) in [6.07, 6.45) is 5.19. The van der Waals surface area contributed by atoms with Crippen LogP contribution in [-0.4, -0.2) is 40.8 Å². The molecule has 1 fully saturated rings. The van der Waals surface area contributed by atoms with E-state index >= 15 is 0 Å². The van der Waals surface area contributed by atoms with Gasteiger partial charge in [0, 0.05) is 24.2 Å². The van der Waals surface area contributed by atoms with E-state index in [9.17, 15) is 0 Å². The summed E-state index contributed by atoms with van der Waals surface area (Å²) in [6, 6.07) is 2.07. The largest absolute Gasteiger partial charge is 0.306 e. The summed E-state index contributed by atoms with van der Waals surface area (Å²) in [6.45, 7) is 2.35. The molecule has 2 heterocycles. The van der Waals surface area contributed by atoms with E-state index in [4.69, 9.17) is 0 Å². The van der Waals surface area contributed by atoms with Crippen molar-refractivity contribution in [1.82, 2.24) is 14.9 Å². The highest BCUT2D eigenvalue weighted by Crippen LogP contribution is 2.25. The maximum Gasteiger partial charge on any atom is 0.129 e. The van der Waals surface area contributed by atoms with E-state index in [1.54, 1.807) is 0 Å². The van der Waals surface area contributed by atoms with Crippen molar-refractivity contribution in [1.29, 1.82) is 0 Å². The van der Waals surface area contributed by atoms with Gasteiger partial charge in [0.2, 0.25) is 0 Å². The van der Waals surface area contributed by atoms with Crippen LogP contribution in [0.25, 0.3) is 0 Å². The minimum atomic E-state index is 0.623. The fourth-order valence-electron chi connectivity index (χ4n) is 2.17. The van der Waals surface area contributed by atoms with Crippen molar-refractivity contribution >= 4 is 12.6 Å². The molecule has 1 saturated heterocycles. The Morgan fingerprint density at radius 1 is 1.44 bits per heavy atom. The van der Waals surface area contributed by atoms with Gasteiger partial charge in [-0.1, -0.05) is 0 Å². The van der Waals surface area contributed by atoms with Gasteiger partial charge >= 0.3 is 0 Å². The summed E-state index contributed by atoms with van der Waals surface area (Å²) in [4.78, 5) is 11.3.